The summed E-state index contributed by atoms with van der Waals surface area (Å²) in [5.41, 5.74) is -0.467. The maximum absolute atomic E-state index is 13.6. The van der Waals surface area contributed by atoms with Gasteiger partial charge in [-0.15, -0.1) is 11.3 Å². The van der Waals surface area contributed by atoms with Gasteiger partial charge in [0.15, 0.2) is 24.2 Å². The summed E-state index contributed by atoms with van der Waals surface area (Å²) < 4.78 is 56.6. The predicted octanol–water partition coefficient (Wildman–Crippen LogP) is 8.17. The van der Waals surface area contributed by atoms with Crippen molar-refractivity contribution in [2.45, 2.75) is 95.0 Å². The van der Waals surface area contributed by atoms with Crippen LogP contribution in [0.25, 0.3) is 0 Å². The molecular weight excluding hydrogens is 568 g/mol. The Morgan fingerprint density at radius 1 is 1.26 bits per heavy atom. The number of aromatic nitrogens is 1. The number of ether oxygens (including phenoxy) is 2. The first-order valence-corrected chi connectivity index (χ1v) is 18.5. The molecule has 1 aromatic rings. The minimum absolute atomic E-state index is 0.104. The Hall–Kier alpha value is -1.63. The van der Waals surface area contributed by atoms with Crippen LogP contribution in [0.2, 0.25) is 19.6 Å². The summed E-state index contributed by atoms with van der Waals surface area (Å²) in [6.45, 7) is 11.4. The van der Waals surface area contributed by atoms with E-state index in [2.05, 4.69) is 11.1 Å². The fourth-order valence-electron chi connectivity index (χ4n) is 4.86. The minimum Gasteiger partial charge on any atom is -0.462 e. The lowest BCUT2D eigenvalue weighted by atomic mass is 9.90. The molecule has 1 aliphatic rings. The fraction of sp³-hybridized carbons (Fsp3) is 0.667. The van der Waals surface area contributed by atoms with Crippen LogP contribution in [-0.4, -0.2) is 49.3 Å². The van der Waals surface area contributed by atoms with Crippen LogP contribution >= 0.6 is 23.1 Å². The van der Waals surface area contributed by atoms with E-state index in [1.54, 1.807) is 24.1 Å². The molecule has 220 valence electrons. The van der Waals surface area contributed by atoms with Crippen molar-refractivity contribution in [1.29, 1.82) is 0 Å². The summed E-state index contributed by atoms with van der Waals surface area (Å²) in [6.07, 6.45) is 4.25. The molecule has 0 amide bonds. The monoisotopic (exact) mass is 607 g/mol. The lowest BCUT2D eigenvalue weighted by Gasteiger charge is -2.36. The zero-order chi connectivity index (χ0) is 29.2. The Morgan fingerprint density at radius 3 is 2.59 bits per heavy atom. The second-order valence-electron chi connectivity index (χ2n) is 10.9. The molecule has 4 unspecified atom stereocenters. The van der Waals surface area contributed by atoms with Crippen LogP contribution in [0.15, 0.2) is 33.8 Å². The summed E-state index contributed by atoms with van der Waals surface area (Å²) in [6, 6.07) is 0. The Morgan fingerprint density at radius 2 is 1.97 bits per heavy atom. The molecular formula is C27H40F3NO5S2Si. The van der Waals surface area contributed by atoms with E-state index in [-0.39, 0.29) is 36.8 Å². The Bertz CT molecular complexity index is 1030. The molecule has 2 rings (SSSR count). The molecule has 0 radical (unpaired) electrons. The van der Waals surface area contributed by atoms with Crippen molar-refractivity contribution < 1.29 is 36.7 Å². The zero-order valence-electron chi connectivity index (χ0n) is 23.6. The molecule has 39 heavy (non-hydrogen) atoms. The molecule has 0 bridgehead atoms. The van der Waals surface area contributed by atoms with Crippen LogP contribution in [-0.2, 0) is 18.7 Å². The highest BCUT2D eigenvalue weighted by Gasteiger charge is 2.37. The number of thiazole rings is 1. The van der Waals surface area contributed by atoms with Crippen molar-refractivity contribution in [1.82, 2.24) is 4.98 Å². The molecule has 1 fully saturated rings. The van der Waals surface area contributed by atoms with Gasteiger partial charge in [0.1, 0.15) is 6.10 Å². The van der Waals surface area contributed by atoms with E-state index < -0.39 is 31.8 Å². The molecule has 0 aliphatic heterocycles. The molecule has 1 aromatic heterocycles. The van der Waals surface area contributed by atoms with Gasteiger partial charge in [-0.2, -0.15) is 8.78 Å². The van der Waals surface area contributed by atoms with Gasteiger partial charge in [-0.05, 0) is 71.5 Å². The van der Waals surface area contributed by atoms with Crippen LogP contribution in [0.5, 0.6) is 0 Å². The number of thioether (sulfide) groups is 1. The van der Waals surface area contributed by atoms with Crippen molar-refractivity contribution in [2.24, 2.45) is 11.8 Å². The smallest absolute Gasteiger partial charge is 0.357 e. The van der Waals surface area contributed by atoms with Crippen LogP contribution in [0.1, 0.15) is 69.8 Å². The second kappa shape index (κ2) is 15.4. The first-order valence-electron chi connectivity index (χ1n) is 13.2. The largest absolute Gasteiger partial charge is 0.462 e. The highest BCUT2D eigenvalue weighted by atomic mass is 32.2. The maximum Gasteiger partial charge on any atom is 0.357 e. The maximum atomic E-state index is 13.6. The van der Waals surface area contributed by atoms with Crippen LogP contribution in [0.4, 0.5) is 13.2 Å². The fourth-order valence-corrected chi connectivity index (χ4v) is 8.43. The Kier molecular flexibility index (Phi) is 13.2. The summed E-state index contributed by atoms with van der Waals surface area (Å²) in [7, 11) is -2.03. The standard InChI is InChI=1S/C27H40F3NO5S2Si/c1-7-34-25(33)22-17-38-26(31-22)37-16-13-20-19(10-11-23(20)35-18(2)32)9-8-14-27(3,36-39(4,5)6)15-12-21(28)24(29)30/h8-9,17,19-20,23H,7,10-16H2,1-6H3. The Labute approximate surface area is 238 Å². The number of hydrogen-bond acceptors (Lipinski definition) is 8. The first-order chi connectivity index (χ1) is 18.2. The van der Waals surface area contributed by atoms with E-state index in [1.807, 2.05) is 32.6 Å². The molecule has 0 spiro atoms. The van der Waals surface area contributed by atoms with E-state index >= 15 is 0 Å². The molecule has 1 aliphatic carbocycles. The van der Waals surface area contributed by atoms with Gasteiger partial charge >= 0.3 is 18.0 Å². The van der Waals surface area contributed by atoms with E-state index in [0.717, 1.165) is 29.4 Å². The number of allylic oxidation sites excluding steroid dienone is 2. The van der Waals surface area contributed by atoms with Crippen LogP contribution < -0.4 is 0 Å². The van der Waals surface area contributed by atoms with E-state index in [1.165, 1.54) is 18.3 Å². The average Bonchev–Trinajstić information content (AvgIpc) is 3.44. The third kappa shape index (κ3) is 11.8. The van der Waals surface area contributed by atoms with Gasteiger partial charge in [0.05, 0.1) is 12.2 Å². The Balaban J connectivity index is 2.06. The van der Waals surface area contributed by atoms with Gasteiger partial charge in [-0.3, -0.25) is 4.79 Å². The van der Waals surface area contributed by atoms with Crippen LogP contribution in [0.3, 0.4) is 0 Å². The number of rotatable bonds is 15. The average molecular weight is 608 g/mol. The lowest BCUT2D eigenvalue weighted by molar-refractivity contribution is -0.148. The number of carbonyl (C=O) groups excluding carboxylic acids is 2. The number of hydrogen-bond donors (Lipinski definition) is 0. The van der Waals surface area contributed by atoms with Gasteiger partial charge in [0, 0.05) is 30.4 Å². The van der Waals surface area contributed by atoms with Gasteiger partial charge in [0.2, 0.25) is 0 Å². The minimum atomic E-state index is -2.28. The molecule has 4 atom stereocenters. The van der Waals surface area contributed by atoms with Crippen molar-refractivity contribution >= 4 is 43.4 Å². The number of esters is 2. The summed E-state index contributed by atoms with van der Waals surface area (Å²) in [4.78, 5) is 27.9. The zero-order valence-corrected chi connectivity index (χ0v) is 26.2. The predicted molar refractivity (Wildman–Crippen MR) is 151 cm³/mol. The number of carbonyl (C=O) groups is 2. The van der Waals surface area contributed by atoms with Crippen molar-refractivity contribution in [3.63, 3.8) is 0 Å². The summed E-state index contributed by atoms with van der Waals surface area (Å²) in [5.74, 6) is -1.14. The van der Waals surface area contributed by atoms with E-state index in [4.69, 9.17) is 13.9 Å². The van der Waals surface area contributed by atoms with Gasteiger partial charge in [0.25, 0.3) is 0 Å². The highest BCUT2D eigenvalue weighted by molar-refractivity contribution is 8.01. The molecule has 0 N–H and O–H groups in total. The molecule has 1 saturated carbocycles. The van der Waals surface area contributed by atoms with Gasteiger partial charge in [-0.25, -0.2) is 14.2 Å². The highest BCUT2D eigenvalue weighted by Crippen LogP contribution is 2.40. The molecule has 0 aromatic carbocycles. The van der Waals surface area contributed by atoms with E-state index in [0.29, 0.717) is 18.7 Å². The third-order valence-corrected chi connectivity index (χ3v) is 9.50. The summed E-state index contributed by atoms with van der Waals surface area (Å²) in [5, 5.41) is 1.69. The van der Waals surface area contributed by atoms with E-state index in [9.17, 15) is 22.8 Å². The second-order valence-corrected chi connectivity index (χ2v) is 17.5. The molecule has 12 heteroatoms. The first kappa shape index (κ1) is 33.6. The normalized spacial score (nSPS) is 21.1. The van der Waals surface area contributed by atoms with Gasteiger partial charge in [-0.1, -0.05) is 23.9 Å². The molecule has 0 saturated heterocycles. The topological polar surface area (TPSA) is 74.7 Å². The van der Waals surface area contributed by atoms with Crippen molar-refractivity contribution in [3.05, 3.63) is 35.1 Å². The molecule has 1 heterocycles. The lowest BCUT2D eigenvalue weighted by Crippen LogP contribution is -2.40. The summed E-state index contributed by atoms with van der Waals surface area (Å²) >= 11 is 2.94. The van der Waals surface area contributed by atoms with Crippen molar-refractivity contribution in [3.8, 4) is 0 Å². The molecule has 6 nitrogen and oxygen atoms in total. The van der Waals surface area contributed by atoms with Crippen molar-refractivity contribution in [2.75, 3.05) is 12.4 Å². The third-order valence-electron chi connectivity index (χ3n) is 6.34. The van der Waals surface area contributed by atoms with Crippen LogP contribution in [0, 0.1) is 11.8 Å². The quantitative estimate of drug-likeness (QED) is 0.0862. The number of nitrogens with zero attached hydrogens (tertiary/aromatic N) is 1. The number of halogens is 3. The van der Waals surface area contributed by atoms with Gasteiger partial charge < -0.3 is 13.9 Å². The SMILES string of the molecule is CCOC(=O)c1csc(SCCC2C(C=CCC(C)(CCC(F)=C(F)F)O[Si](C)(C)C)CCC2OC(C)=O)n1.